The maximum absolute atomic E-state index is 4.43. The van der Waals surface area contributed by atoms with Crippen molar-refractivity contribution < 1.29 is 0 Å². The van der Waals surface area contributed by atoms with Gasteiger partial charge in [0.2, 0.25) is 0 Å². The molecular formula is C60H84N4. The number of hydrogen-bond acceptors (Lipinski definition) is 3. The molecule has 64 heavy (non-hydrogen) atoms. The normalized spacial score (nSPS) is 15.3. The lowest BCUT2D eigenvalue weighted by Crippen LogP contribution is -2.39. The number of allylic oxidation sites excluding steroid dienone is 19. The molecule has 1 N–H and O–H groups in total. The van der Waals surface area contributed by atoms with Gasteiger partial charge in [-0.2, -0.15) is 0 Å². The summed E-state index contributed by atoms with van der Waals surface area (Å²) >= 11 is 0. The number of benzene rings is 2. The van der Waals surface area contributed by atoms with Gasteiger partial charge in [0.1, 0.15) is 0 Å². The van der Waals surface area contributed by atoms with Gasteiger partial charge in [-0.15, -0.1) is 19.7 Å². The molecule has 0 fully saturated rings. The number of nitrogens with one attached hydrogen (secondary N) is 1. The average Bonchev–Trinajstić information content (AvgIpc) is 3.44. The second-order valence-electron chi connectivity index (χ2n) is 13.2. The van der Waals surface area contributed by atoms with Crippen LogP contribution < -0.4 is 15.3 Å². The molecule has 6 rings (SSSR count). The summed E-state index contributed by atoms with van der Waals surface area (Å²) in [7, 11) is 2.09. The summed E-state index contributed by atoms with van der Waals surface area (Å²) in [6.07, 6.45) is 45.3. The van der Waals surface area contributed by atoms with Crippen molar-refractivity contribution in [2.45, 2.75) is 102 Å². The number of nitrogens with zero attached hydrogens (tertiary/aromatic N) is 3. The number of aromatic nitrogens is 1. The van der Waals surface area contributed by atoms with Gasteiger partial charge in [-0.3, -0.25) is 10.0 Å². The Kier molecular flexibility index (Phi) is 35.5. The molecule has 1 aliphatic carbocycles. The van der Waals surface area contributed by atoms with E-state index in [1.54, 1.807) is 6.08 Å². The summed E-state index contributed by atoms with van der Waals surface area (Å²) in [5.74, 6) is 0. The minimum absolute atomic E-state index is 0.887. The van der Waals surface area contributed by atoms with E-state index in [0.29, 0.717) is 0 Å². The van der Waals surface area contributed by atoms with Crippen LogP contribution in [0.15, 0.2) is 208 Å². The van der Waals surface area contributed by atoms with E-state index >= 15 is 0 Å². The van der Waals surface area contributed by atoms with Gasteiger partial charge in [-0.25, -0.2) is 0 Å². The molecule has 0 radical (unpaired) electrons. The van der Waals surface area contributed by atoms with Crippen LogP contribution in [-0.2, 0) is 6.42 Å². The molecule has 4 nitrogen and oxygen atoms in total. The molecule has 2 aliphatic heterocycles. The second kappa shape index (κ2) is 38.2. The smallest absolute Gasteiger partial charge is 0.0726 e. The van der Waals surface area contributed by atoms with Crippen LogP contribution in [0.3, 0.4) is 0 Å². The molecule has 0 amide bonds. The first-order chi connectivity index (χ1) is 31.3. The van der Waals surface area contributed by atoms with Gasteiger partial charge in [0, 0.05) is 47.6 Å². The first-order valence-electron chi connectivity index (χ1n) is 23.0. The molecule has 0 unspecified atom stereocenters. The zero-order chi connectivity index (χ0) is 48.7. The molecule has 0 atom stereocenters. The molecular weight excluding hydrogens is 777 g/mol. The quantitative estimate of drug-likeness (QED) is 0.197. The molecule has 3 aliphatic rings. The summed E-state index contributed by atoms with van der Waals surface area (Å²) < 4.78 is 2.44. The van der Waals surface area contributed by atoms with Crippen LogP contribution in [0.2, 0.25) is 0 Å². The molecule has 0 saturated heterocycles. The van der Waals surface area contributed by atoms with Gasteiger partial charge in [0.05, 0.1) is 22.6 Å². The van der Waals surface area contributed by atoms with E-state index in [0.717, 1.165) is 48.3 Å². The van der Waals surface area contributed by atoms with E-state index in [-0.39, 0.29) is 0 Å². The Bertz CT molecular complexity index is 2120. The van der Waals surface area contributed by atoms with Crippen molar-refractivity contribution >= 4 is 40.1 Å². The zero-order valence-electron chi connectivity index (χ0n) is 42.0. The highest BCUT2D eigenvalue weighted by Gasteiger charge is 2.24. The summed E-state index contributed by atoms with van der Waals surface area (Å²) in [6.45, 7) is 43.5. The molecule has 1 aromatic heterocycles. The third kappa shape index (κ3) is 20.1. The second-order valence-corrected chi connectivity index (χ2v) is 13.2. The first kappa shape index (κ1) is 59.6. The van der Waals surface area contributed by atoms with Crippen molar-refractivity contribution in [3.63, 3.8) is 0 Å². The van der Waals surface area contributed by atoms with Crippen molar-refractivity contribution in [2.75, 3.05) is 17.1 Å². The fraction of sp³-hybridized carbons (Fsp3) is 0.267. The summed E-state index contributed by atoms with van der Waals surface area (Å²) in [6, 6.07) is 15.1. The zero-order valence-corrected chi connectivity index (χ0v) is 42.0. The van der Waals surface area contributed by atoms with E-state index in [1.165, 1.54) is 39.0 Å². The average molecular weight is 861 g/mol. The van der Waals surface area contributed by atoms with Gasteiger partial charge in [0.25, 0.3) is 0 Å². The Hall–Kier alpha value is -6.52. The van der Waals surface area contributed by atoms with E-state index < -0.39 is 0 Å². The molecule has 4 heteroatoms. The van der Waals surface area contributed by atoms with E-state index in [1.807, 2.05) is 105 Å². The fourth-order valence-corrected chi connectivity index (χ4v) is 6.08. The van der Waals surface area contributed by atoms with Crippen LogP contribution in [0, 0.1) is 0 Å². The highest BCUT2D eigenvalue weighted by Crippen LogP contribution is 2.40. The number of anilines is 2. The van der Waals surface area contributed by atoms with Crippen molar-refractivity contribution in [1.29, 1.82) is 0 Å². The third-order valence-corrected chi connectivity index (χ3v) is 8.94. The molecule has 3 aromatic rings. The minimum atomic E-state index is 0.887. The Morgan fingerprint density at radius 2 is 1.36 bits per heavy atom. The molecule has 0 saturated carbocycles. The lowest BCUT2D eigenvalue weighted by molar-refractivity contribution is 0.902. The predicted octanol–water partition coefficient (Wildman–Crippen LogP) is 18.3. The van der Waals surface area contributed by atoms with Gasteiger partial charge in [0.15, 0.2) is 0 Å². The van der Waals surface area contributed by atoms with Crippen molar-refractivity contribution in [2.24, 2.45) is 0 Å². The lowest BCUT2D eigenvalue weighted by Gasteiger charge is -2.37. The van der Waals surface area contributed by atoms with Crippen molar-refractivity contribution in [3.8, 4) is 0 Å². The Morgan fingerprint density at radius 3 is 1.95 bits per heavy atom. The molecule has 0 bridgehead atoms. The molecule has 344 valence electrons. The summed E-state index contributed by atoms with van der Waals surface area (Å²) in [5.41, 5.74) is 11.8. The number of rotatable bonds is 6. The fourth-order valence-electron chi connectivity index (χ4n) is 6.08. The van der Waals surface area contributed by atoms with Gasteiger partial charge in [-0.1, -0.05) is 189 Å². The summed E-state index contributed by atoms with van der Waals surface area (Å²) in [4.78, 5) is 0. The Labute approximate surface area is 392 Å². The maximum Gasteiger partial charge on any atom is 0.0726 e. The summed E-state index contributed by atoms with van der Waals surface area (Å²) in [5, 5.41) is 8.67. The highest BCUT2D eigenvalue weighted by atomic mass is 15.6. The van der Waals surface area contributed by atoms with Gasteiger partial charge < -0.3 is 9.88 Å². The predicted molar refractivity (Wildman–Crippen MR) is 298 cm³/mol. The van der Waals surface area contributed by atoms with E-state index in [4.69, 9.17) is 0 Å². The van der Waals surface area contributed by atoms with E-state index in [2.05, 4.69) is 196 Å². The van der Waals surface area contributed by atoms with Crippen LogP contribution in [0.1, 0.15) is 112 Å². The van der Waals surface area contributed by atoms with Crippen molar-refractivity contribution in [1.82, 2.24) is 9.88 Å². The highest BCUT2D eigenvalue weighted by molar-refractivity contribution is 5.99. The largest absolute Gasteiger partial charge is 0.368 e. The van der Waals surface area contributed by atoms with Crippen LogP contribution in [0.4, 0.5) is 11.4 Å². The lowest BCUT2D eigenvalue weighted by atomic mass is 10.0. The van der Waals surface area contributed by atoms with Gasteiger partial charge in [-0.05, 0) is 95.7 Å². The first-order valence-corrected chi connectivity index (χ1v) is 23.0. The Balaban J connectivity index is 0. The minimum Gasteiger partial charge on any atom is -0.368 e. The SMILES string of the molecule is C=C.C=C/C(C)=C\C.C=C1/C=C\C=Cc2cc3c4c(n(C(/C=C\C)=C/CC)c3cc2N1N(C)c1ccccc1)CC=CC=C4.C=C1C/C=C\C=C/N/C=C\C1.C=CC.CC.CC.CC. The standard InChI is InChI=1S/C33H33N3.C10H13N.C6H10.C3H6.3C2H6.C2H4/c1-5-15-28(16-6-2)35-31-22-12-8-11-21-29(31)30-23-26-18-14-13-17-25(3)36(32(26)24-33(30)35)34(4)27-19-9-7-10-20-27;1-10-6-3-2-4-8-11-9-5-7-10;1-4-6(3)5-2;1-3-2;4*1-2/h5,7-21,23-24H,3,6,22H2,1-2,4H3;2-5,8-9,11H,1,6-7H2;4-5H,1H2,2-3H3;3H,1H2,2H3;3*1-2H3;1-2H2/b15-5-,17-13-,18-14?,28-16+;3-2-,8-4-,9-5-;6-5-;;;;;. The van der Waals surface area contributed by atoms with E-state index in [9.17, 15) is 0 Å². The van der Waals surface area contributed by atoms with Crippen LogP contribution >= 0.6 is 0 Å². The monoisotopic (exact) mass is 861 g/mol. The molecule has 2 aromatic carbocycles. The Morgan fingerprint density at radius 1 is 0.766 bits per heavy atom. The van der Waals surface area contributed by atoms with Crippen molar-refractivity contribution in [3.05, 3.63) is 225 Å². The number of fused-ring (bicyclic) bond motifs is 4. The number of hydrazine groups is 1. The number of para-hydroxylation sites is 1. The van der Waals surface area contributed by atoms with Gasteiger partial charge >= 0.3 is 0 Å². The van der Waals surface area contributed by atoms with Crippen LogP contribution in [0.25, 0.3) is 28.8 Å². The maximum atomic E-state index is 4.43. The molecule has 0 spiro atoms. The number of hydrogen-bond donors (Lipinski definition) is 1. The van der Waals surface area contributed by atoms with Crippen LogP contribution in [-0.4, -0.2) is 11.6 Å². The topological polar surface area (TPSA) is 23.4 Å². The third-order valence-electron chi connectivity index (χ3n) is 8.94. The van der Waals surface area contributed by atoms with Crippen LogP contribution in [0.5, 0.6) is 0 Å². The molecule has 3 heterocycles.